The van der Waals surface area contributed by atoms with Crippen LogP contribution in [0.2, 0.25) is 0 Å². The third-order valence-electron chi connectivity index (χ3n) is 9.56. The zero-order chi connectivity index (χ0) is 25.6. The van der Waals surface area contributed by atoms with Crippen LogP contribution in [0, 0.1) is 30.1 Å². The number of carbonyl (C=O) groups excluding carboxylic acids is 2. The van der Waals surface area contributed by atoms with Gasteiger partial charge in [0.15, 0.2) is 0 Å². The summed E-state index contributed by atoms with van der Waals surface area (Å²) in [5.41, 5.74) is 3.37. The summed E-state index contributed by atoms with van der Waals surface area (Å²) in [6, 6.07) is 10.7. The number of methoxy groups -OCH3 is 1. The molecule has 4 bridgehead atoms. The fourth-order valence-electron chi connectivity index (χ4n) is 8.31. The van der Waals surface area contributed by atoms with E-state index in [-0.39, 0.29) is 29.8 Å². The zero-order valence-electron chi connectivity index (χ0n) is 22.3. The van der Waals surface area contributed by atoms with Crippen molar-refractivity contribution in [2.75, 3.05) is 33.4 Å². The lowest BCUT2D eigenvalue weighted by Crippen LogP contribution is -2.56. The molecule has 0 spiro atoms. The molecule has 1 unspecified atom stereocenters. The number of aryl methyl sites for hydroxylation is 1. The van der Waals surface area contributed by atoms with Gasteiger partial charge in [-0.2, -0.15) is 0 Å². The maximum atomic E-state index is 14.3. The van der Waals surface area contributed by atoms with Crippen LogP contribution in [0.25, 0.3) is 0 Å². The van der Waals surface area contributed by atoms with E-state index in [0.717, 1.165) is 37.7 Å². The van der Waals surface area contributed by atoms with Gasteiger partial charge in [0.1, 0.15) is 0 Å². The first-order chi connectivity index (χ1) is 18.0. The second-order valence-corrected chi connectivity index (χ2v) is 13.2. The fraction of sp³-hybridized carbons (Fsp3) is 0.613. The van der Waals surface area contributed by atoms with Gasteiger partial charge < -0.3 is 14.5 Å². The van der Waals surface area contributed by atoms with E-state index in [9.17, 15) is 9.59 Å². The molecule has 5 nitrogen and oxygen atoms in total. The van der Waals surface area contributed by atoms with Gasteiger partial charge in [0.25, 0.3) is 0 Å². The molecule has 4 aliphatic carbocycles. The SMILES string of the molecule is COCCCN(CC(=O)N1CCc2sccc2C1c1ccc(C)cc1)C(=O)C12CC3CC(CC(C3)C1)C2. The number of thiophene rings is 1. The third kappa shape index (κ3) is 4.76. The number of rotatable bonds is 8. The molecule has 1 aromatic carbocycles. The van der Waals surface area contributed by atoms with Crippen molar-refractivity contribution in [1.82, 2.24) is 9.80 Å². The van der Waals surface area contributed by atoms with E-state index >= 15 is 0 Å². The van der Waals surface area contributed by atoms with Crippen LogP contribution in [-0.2, 0) is 20.7 Å². The summed E-state index contributed by atoms with van der Waals surface area (Å²) < 4.78 is 5.33. The van der Waals surface area contributed by atoms with Crippen LogP contribution in [0.5, 0.6) is 0 Å². The van der Waals surface area contributed by atoms with Crippen LogP contribution in [0.15, 0.2) is 35.7 Å². The van der Waals surface area contributed by atoms with E-state index in [1.807, 2.05) is 9.80 Å². The average molecular weight is 521 g/mol. The van der Waals surface area contributed by atoms with E-state index in [2.05, 4.69) is 42.6 Å². The topological polar surface area (TPSA) is 49.9 Å². The van der Waals surface area contributed by atoms with Gasteiger partial charge in [-0.1, -0.05) is 29.8 Å². The maximum absolute atomic E-state index is 14.3. The van der Waals surface area contributed by atoms with Crippen LogP contribution in [0.1, 0.15) is 72.6 Å². The quantitative estimate of drug-likeness (QED) is 0.425. The lowest BCUT2D eigenvalue weighted by atomic mass is 9.49. The second-order valence-electron chi connectivity index (χ2n) is 12.2. The molecule has 198 valence electrons. The van der Waals surface area contributed by atoms with Gasteiger partial charge in [0.2, 0.25) is 11.8 Å². The smallest absolute Gasteiger partial charge is 0.242 e. The Morgan fingerprint density at radius 3 is 2.38 bits per heavy atom. The van der Waals surface area contributed by atoms with Crippen molar-refractivity contribution < 1.29 is 14.3 Å². The number of hydrogen-bond acceptors (Lipinski definition) is 4. The maximum Gasteiger partial charge on any atom is 0.242 e. The molecule has 0 saturated heterocycles. The molecule has 1 atom stereocenters. The Hall–Kier alpha value is -2.18. The molecule has 0 N–H and O–H groups in total. The Morgan fingerprint density at radius 2 is 1.73 bits per heavy atom. The molecule has 4 saturated carbocycles. The van der Waals surface area contributed by atoms with Gasteiger partial charge in [-0.15, -0.1) is 11.3 Å². The van der Waals surface area contributed by atoms with Gasteiger partial charge in [-0.3, -0.25) is 9.59 Å². The van der Waals surface area contributed by atoms with Gasteiger partial charge in [-0.05, 0) is 98.6 Å². The summed E-state index contributed by atoms with van der Waals surface area (Å²) in [4.78, 5) is 33.7. The monoisotopic (exact) mass is 520 g/mol. The number of nitrogens with zero attached hydrogens (tertiary/aromatic N) is 2. The highest BCUT2D eigenvalue weighted by atomic mass is 32.1. The van der Waals surface area contributed by atoms with Crippen molar-refractivity contribution in [1.29, 1.82) is 0 Å². The van der Waals surface area contributed by atoms with Crippen molar-refractivity contribution in [3.8, 4) is 0 Å². The largest absolute Gasteiger partial charge is 0.385 e. The number of carbonyl (C=O) groups is 2. The highest BCUT2D eigenvalue weighted by Crippen LogP contribution is 2.60. The fourth-order valence-corrected chi connectivity index (χ4v) is 9.21. The van der Waals surface area contributed by atoms with E-state index < -0.39 is 0 Å². The number of fused-ring (bicyclic) bond motifs is 1. The highest BCUT2D eigenvalue weighted by molar-refractivity contribution is 7.10. The minimum atomic E-state index is -0.235. The van der Waals surface area contributed by atoms with Gasteiger partial charge in [0, 0.05) is 31.7 Å². The molecule has 2 amide bonds. The molecular weight excluding hydrogens is 480 g/mol. The second kappa shape index (κ2) is 10.2. The van der Waals surface area contributed by atoms with E-state index in [1.165, 1.54) is 35.3 Å². The molecule has 2 heterocycles. The number of amides is 2. The summed E-state index contributed by atoms with van der Waals surface area (Å²) >= 11 is 1.79. The van der Waals surface area contributed by atoms with Crippen molar-refractivity contribution in [2.24, 2.45) is 23.2 Å². The molecule has 4 fully saturated rings. The minimum Gasteiger partial charge on any atom is -0.385 e. The average Bonchev–Trinajstić information content (AvgIpc) is 3.36. The molecule has 1 aromatic heterocycles. The first kappa shape index (κ1) is 25.1. The van der Waals surface area contributed by atoms with E-state index in [0.29, 0.717) is 37.5 Å². The normalized spacial score (nSPS) is 29.8. The Kier molecular flexibility index (Phi) is 6.91. The summed E-state index contributed by atoms with van der Waals surface area (Å²) in [5.74, 6) is 2.43. The lowest BCUT2D eigenvalue weighted by molar-refractivity contribution is -0.160. The first-order valence-corrected chi connectivity index (χ1v) is 15.0. The minimum absolute atomic E-state index is 0.0675. The van der Waals surface area contributed by atoms with Crippen molar-refractivity contribution in [3.63, 3.8) is 0 Å². The molecular formula is C31H40N2O3S. The first-order valence-electron chi connectivity index (χ1n) is 14.2. The number of ether oxygens (including phenoxy) is 1. The Labute approximate surface area is 225 Å². The standard InChI is InChI=1S/C31H40N2O3S/c1-21-4-6-25(7-5-21)29-26-9-13-37-27(26)8-11-33(29)28(34)20-32(10-3-12-36-2)30(35)31-17-22-14-23(18-31)16-24(15-22)19-31/h4-7,9,13,22-24,29H,3,8,10-12,14-20H2,1-2H3. The summed E-state index contributed by atoms with van der Waals surface area (Å²) in [5, 5.41) is 2.15. The van der Waals surface area contributed by atoms with Gasteiger partial charge in [0.05, 0.1) is 18.0 Å². The molecule has 5 aliphatic rings. The molecule has 7 rings (SSSR count). The Bertz CT molecular complexity index is 1100. The third-order valence-corrected chi connectivity index (χ3v) is 10.6. The van der Waals surface area contributed by atoms with Crippen LogP contribution >= 0.6 is 11.3 Å². The van der Waals surface area contributed by atoms with Gasteiger partial charge >= 0.3 is 0 Å². The van der Waals surface area contributed by atoms with Crippen molar-refractivity contribution in [3.05, 3.63) is 57.3 Å². The Morgan fingerprint density at radius 1 is 1.05 bits per heavy atom. The molecule has 37 heavy (non-hydrogen) atoms. The van der Waals surface area contributed by atoms with Gasteiger partial charge in [-0.25, -0.2) is 0 Å². The summed E-state index contributed by atoms with van der Waals surface area (Å²) in [6.07, 6.45) is 8.66. The number of benzene rings is 1. The lowest BCUT2D eigenvalue weighted by Gasteiger charge is -2.56. The van der Waals surface area contributed by atoms with Crippen molar-refractivity contribution >= 4 is 23.2 Å². The highest BCUT2D eigenvalue weighted by Gasteiger charge is 2.55. The van der Waals surface area contributed by atoms with E-state index in [4.69, 9.17) is 4.74 Å². The van der Waals surface area contributed by atoms with E-state index in [1.54, 1.807) is 18.4 Å². The molecule has 1 aliphatic heterocycles. The van der Waals surface area contributed by atoms with Crippen LogP contribution in [0.4, 0.5) is 0 Å². The summed E-state index contributed by atoms with van der Waals surface area (Å²) in [7, 11) is 1.70. The van der Waals surface area contributed by atoms with Crippen LogP contribution < -0.4 is 0 Å². The molecule has 2 aromatic rings. The number of hydrogen-bond donors (Lipinski definition) is 0. The Balaban J connectivity index is 1.26. The predicted molar refractivity (Wildman–Crippen MR) is 146 cm³/mol. The summed E-state index contributed by atoms with van der Waals surface area (Å²) in [6.45, 7) is 4.16. The molecule has 6 heteroatoms. The van der Waals surface area contributed by atoms with Crippen LogP contribution in [0.3, 0.4) is 0 Å². The predicted octanol–water partition coefficient (Wildman–Crippen LogP) is 5.61. The zero-order valence-corrected chi connectivity index (χ0v) is 23.1. The molecule has 0 radical (unpaired) electrons. The van der Waals surface area contributed by atoms with Crippen molar-refractivity contribution in [2.45, 2.75) is 64.3 Å². The van der Waals surface area contributed by atoms with Crippen LogP contribution in [-0.4, -0.2) is 55.0 Å².